The third-order valence-electron chi connectivity index (χ3n) is 3.75. The summed E-state index contributed by atoms with van der Waals surface area (Å²) in [4.78, 5) is 1.32. The van der Waals surface area contributed by atoms with Crippen molar-refractivity contribution in [2.24, 2.45) is 5.92 Å². The molecule has 0 aromatic heterocycles. The highest BCUT2D eigenvalue weighted by atomic mass is 35.5. The Morgan fingerprint density at radius 3 is 3.00 bits per heavy atom. The lowest BCUT2D eigenvalue weighted by molar-refractivity contribution is 0.144. The molecule has 1 saturated carbocycles. The van der Waals surface area contributed by atoms with E-state index in [1.165, 1.54) is 23.3 Å². The Bertz CT molecular complexity index is 436. The van der Waals surface area contributed by atoms with E-state index in [2.05, 4.69) is 17.4 Å². The largest absolute Gasteiger partial charge is 0.392 e. The molecule has 2 unspecified atom stereocenters. The van der Waals surface area contributed by atoms with Gasteiger partial charge in [-0.15, -0.1) is 11.8 Å². The molecule has 2 aliphatic rings. The van der Waals surface area contributed by atoms with Gasteiger partial charge in [-0.05, 0) is 54.7 Å². The number of fused-ring (bicyclic) bond motifs is 1. The highest BCUT2D eigenvalue weighted by molar-refractivity contribution is 7.99. The fourth-order valence-electron chi connectivity index (χ4n) is 2.49. The number of hydrogen-bond donors (Lipinski definition) is 2. The predicted molar refractivity (Wildman–Crippen MR) is 76.3 cm³/mol. The molecule has 1 fully saturated rings. The van der Waals surface area contributed by atoms with Crippen molar-refractivity contribution in [2.75, 3.05) is 12.3 Å². The second-order valence-corrected chi connectivity index (χ2v) is 6.76. The van der Waals surface area contributed by atoms with E-state index in [1.54, 1.807) is 0 Å². The number of nitrogens with one attached hydrogen (secondary N) is 1. The molecule has 0 bridgehead atoms. The van der Waals surface area contributed by atoms with E-state index in [0.717, 1.165) is 17.2 Å². The number of thioether (sulfide) groups is 1. The van der Waals surface area contributed by atoms with Crippen molar-refractivity contribution in [1.82, 2.24) is 5.32 Å². The maximum Gasteiger partial charge on any atom is 0.0692 e. The summed E-state index contributed by atoms with van der Waals surface area (Å²) in [6, 6.07) is 6.46. The van der Waals surface area contributed by atoms with E-state index in [0.29, 0.717) is 18.5 Å². The number of aliphatic hydroxyl groups is 1. The molecule has 1 aromatic rings. The molecule has 4 heteroatoms. The van der Waals surface area contributed by atoms with Crippen LogP contribution in [0.25, 0.3) is 0 Å². The molecule has 98 valence electrons. The summed E-state index contributed by atoms with van der Waals surface area (Å²) in [5, 5.41) is 14.2. The van der Waals surface area contributed by atoms with E-state index < -0.39 is 0 Å². The first-order chi connectivity index (χ1) is 8.74. The van der Waals surface area contributed by atoms with Gasteiger partial charge in [0.1, 0.15) is 0 Å². The van der Waals surface area contributed by atoms with Gasteiger partial charge in [0.2, 0.25) is 0 Å². The van der Waals surface area contributed by atoms with Gasteiger partial charge in [0.05, 0.1) is 6.10 Å². The number of halogens is 1. The van der Waals surface area contributed by atoms with Crippen LogP contribution in [0, 0.1) is 5.92 Å². The first-order valence-electron chi connectivity index (χ1n) is 6.58. The Morgan fingerprint density at radius 2 is 2.22 bits per heavy atom. The van der Waals surface area contributed by atoms with Gasteiger partial charge in [-0.1, -0.05) is 11.6 Å². The maximum absolute atomic E-state index is 9.93. The Kier molecular flexibility index (Phi) is 3.85. The van der Waals surface area contributed by atoms with E-state index in [4.69, 9.17) is 11.6 Å². The number of benzene rings is 1. The number of rotatable bonds is 4. The van der Waals surface area contributed by atoms with Crippen molar-refractivity contribution < 1.29 is 5.11 Å². The third kappa shape index (κ3) is 2.85. The fraction of sp³-hybridized carbons (Fsp3) is 0.571. The van der Waals surface area contributed by atoms with Crippen LogP contribution in [0.4, 0.5) is 0 Å². The van der Waals surface area contributed by atoms with E-state index in [-0.39, 0.29) is 6.10 Å². The third-order valence-corrected chi connectivity index (χ3v) is 5.11. The van der Waals surface area contributed by atoms with E-state index >= 15 is 0 Å². The first-order valence-corrected chi connectivity index (χ1v) is 7.94. The maximum atomic E-state index is 9.93. The van der Waals surface area contributed by atoms with Crippen molar-refractivity contribution in [3.8, 4) is 0 Å². The van der Waals surface area contributed by atoms with Gasteiger partial charge in [0.25, 0.3) is 0 Å². The van der Waals surface area contributed by atoms with Crippen molar-refractivity contribution in [3.05, 3.63) is 28.8 Å². The van der Waals surface area contributed by atoms with Gasteiger partial charge < -0.3 is 10.4 Å². The van der Waals surface area contributed by atoms with Gasteiger partial charge in [-0.2, -0.15) is 0 Å². The molecule has 1 heterocycles. The van der Waals surface area contributed by atoms with Crippen LogP contribution in [-0.4, -0.2) is 23.5 Å². The van der Waals surface area contributed by atoms with Crippen molar-refractivity contribution in [3.63, 3.8) is 0 Å². The summed E-state index contributed by atoms with van der Waals surface area (Å²) in [6.45, 7) is 0.700. The molecule has 2 nitrogen and oxygen atoms in total. The minimum absolute atomic E-state index is 0.179. The summed E-state index contributed by atoms with van der Waals surface area (Å²) >= 11 is 7.97. The molecule has 0 saturated heterocycles. The van der Waals surface area contributed by atoms with E-state index in [9.17, 15) is 5.11 Å². The lowest BCUT2D eigenvalue weighted by Crippen LogP contribution is -2.33. The summed E-state index contributed by atoms with van der Waals surface area (Å²) in [5.74, 6) is 1.67. The average molecular weight is 284 g/mol. The fourth-order valence-corrected chi connectivity index (χ4v) is 3.77. The van der Waals surface area contributed by atoms with Crippen LogP contribution in [0.2, 0.25) is 5.02 Å². The lowest BCUT2D eigenvalue weighted by Gasteiger charge is -2.27. The summed E-state index contributed by atoms with van der Waals surface area (Å²) in [7, 11) is 0. The quantitative estimate of drug-likeness (QED) is 0.890. The molecule has 2 atom stereocenters. The van der Waals surface area contributed by atoms with Gasteiger partial charge in [-0.3, -0.25) is 0 Å². The molecule has 1 aliphatic carbocycles. The summed E-state index contributed by atoms with van der Waals surface area (Å²) in [6.07, 6.45) is 3.30. The van der Waals surface area contributed by atoms with Crippen LogP contribution in [0.5, 0.6) is 0 Å². The van der Waals surface area contributed by atoms with Gasteiger partial charge in [-0.25, -0.2) is 0 Å². The van der Waals surface area contributed by atoms with Crippen LogP contribution < -0.4 is 5.32 Å². The highest BCUT2D eigenvalue weighted by Gasteiger charge is 2.30. The summed E-state index contributed by atoms with van der Waals surface area (Å²) in [5.41, 5.74) is 1.29. The Balaban J connectivity index is 1.68. The van der Waals surface area contributed by atoms with Crippen LogP contribution in [-0.2, 0) is 0 Å². The van der Waals surface area contributed by atoms with Gasteiger partial charge >= 0.3 is 0 Å². The normalized spacial score (nSPS) is 24.7. The number of hydrogen-bond acceptors (Lipinski definition) is 3. The smallest absolute Gasteiger partial charge is 0.0692 e. The Hall–Kier alpha value is -0.220. The highest BCUT2D eigenvalue weighted by Crippen LogP contribution is 2.38. The topological polar surface area (TPSA) is 32.3 Å². The molecule has 1 aromatic carbocycles. The molecule has 2 N–H and O–H groups in total. The molecule has 3 rings (SSSR count). The first kappa shape index (κ1) is 12.8. The lowest BCUT2D eigenvalue weighted by atomic mass is 10.0. The van der Waals surface area contributed by atoms with Crippen molar-refractivity contribution in [1.29, 1.82) is 0 Å². The standard InChI is InChI=1S/C14H18ClNOS/c15-10-3-4-14-11(7-10)12(5-6-18-14)16-8-13(17)9-1-2-9/h3-4,7,9,12-13,16-17H,1-2,5-6,8H2. The van der Waals surface area contributed by atoms with Crippen molar-refractivity contribution >= 4 is 23.4 Å². The molecule has 0 amide bonds. The Morgan fingerprint density at radius 1 is 1.39 bits per heavy atom. The second-order valence-electron chi connectivity index (χ2n) is 5.18. The van der Waals surface area contributed by atoms with Crippen LogP contribution >= 0.6 is 23.4 Å². The molecule has 18 heavy (non-hydrogen) atoms. The molecular weight excluding hydrogens is 266 g/mol. The number of aliphatic hydroxyl groups excluding tert-OH is 1. The monoisotopic (exact) mass is 283 g/mol. The predicted octanol–water partition coefficient (Wildman–Crippen LogP) is 3.24. The van der Waals surface area contributed by atoms with Crippen LogP contribution in [0.1, 0.15) is 30.9 Å². The van der Waals surface area contributed by atoms with Crippen molar-refractivity contribution in [2.45, 2.75) is 36.3 Å². The average Bonchev–Trinajstić information content (AvgIpc) is 3.20. The minimum Gasteiger partial charge on any atom is -0.392 e. The zero-order chi connectivity index (χ0) is 12.5. The second kappa shape index (κ2) is 5.41. The summed E-state index contributed by atoms with van der Waals surface area (Å²) < 4.78 is 0. The van der Waals surface area contributed by atoms with Gasteiger partial charge in [0, 0.05) is 22.5 Å². The zero-order valence-electron chi connectivity index (χ0n) is 10.2. The van der Waals surface area contributed by atoms with E-state index in [1.807, 2.05) is 17.8 Å². The van der Waals surface area contributed by atoms with Crippen LogP contribution in [0.15, 0.2) is 23.1 Å². The zero-order valence-corrected chi connectivity index (χ0v) is 11.8. The Labute approximate surface area is 117 Å². The molecular formula is C14H18ClNOS. The molecule has 0 radical (unpaired) electrons. The molecule has 0 spiro atoms. The molecule has 1 aliphatic heterocycles. The minimum atomic E-state index is -0.179. The SMILES string of the molecule is OC(CNC1CCSc2ccc(Cl)cc21)C1CC1. The van der Waals surface area contributed by atoms with Crippen LogP contribution in [0.3, 0.4) is 0 Å². The van der Waals surface area contributed by atoms with Gasteiger partial charge in [0.15, 0.2) is 0 Å².